The average Bonchev–Trinajstić information content (AvgIpc) is 2.47. The lowest BCUT2D eigenvalue weighted by Gasteiger charge is -2.25. The third kappa shape index (κ3) is 5.17. The van der Waals surface area contributed by atoms with E-state index in [9.17, 15) is 4.79 Å². The number of hydrogen-bond donors (Lipinski definition) is 1. The predicted octanol–water partition coefficient (Wildman–Crippen LogP) is 1.86. The van der Waals surface area contributed by atoms with E-state index in [1.807, 2.05) is 51.2 Å². The number of likely N-dealkylation sites (N-methyl/N-ethyl adjacent to an activating group) is 2. The van der Waals surface area contributed by atoms with Gasteiger partial charge in [-0.05, 0) is 31.6 Å². The standard InChI is InChI=1S/C15H23N3OS/c1-4-18(5-2)14(19)12-17(3)15(20)16-11-13-9-7-6-8-10-13/h6-10H,4-5,11-12H2,1-3H3,(H,16,20). The van der Waals surface area contributed by atoms with Crippen molar-refractivity contribution in [3.63, 3.8) is 0 Å². The normalized spacial score (nSPS) is 9.95. The van der Waals surface area contributed by atoms with E-state index in [1.54, 1.807) is 9.80 Å². The van der Waals surface area contributed by atoms with E-state index in [2.05, 4.69) is 5.32 Å². The molecule has 0 bridgehead atoms. The summed E-state index contributed by atoms with van der Waals surface area (Å²) in [7, 11) is 1.84. The second-order valence-electron chi connectivity index (χ2n) is 4.57. The van der Waals surface area contributed by atoms with Gasteiger partial charge in [0.15, 0.2) is 5.11 Å². The highest BCUT2D eigenvalue weighted by Crippen LogP contribution is 1.98. The van der Waals surface area contributed by atoms with E-state index in [0.29, 0.717) is 18.2 Å². The highest BCUT2D eigenvalue weighted by molar-refractivity contribution is 7.80. The minimum absolute atomic E-state index is 0.0985. The van der Waals surface area contributed by atoms with Crippen LogP contribution in [0.5, 0.6) is 0 Å². The van der Waals surface area contributed by atoms with E-state index >= 15 is 0 Å². The molecule has 1 aromatic carbocycles. The number of rotatable bonds is 6. The van der Waals surface area contributed by atoms with Crippen LogP contribution in [-0.4, -0.2) is 47.5 Å². The Balaban J connectivity index is 2.41. The van der Waals surface area contributed by atoms with Crippen LogP contribution in [-0.2, 0) is 11.3 Å². The lowest BCUT2D eigenvalue weighted by molar-refractivity contribution is -0.130. The van der Waals surface area contributed by atoms with Crippen molar-refractivity contribution in [2.24, 2.45) is 0 Å². The Morgan fingerprint density at radius 2 is 1.80 bits per heavy atom. The number of nitrogens with one attached hydrogen (secondary N) is 1. The second kappa shape index (κ2) is 8.53. The summed E-state index contributed by atoms with van der Waals surface area (Å²) in [4.78, 5) is 15.6. The zero-order valence-electron chi connectivity index (χ0n) is 12.4. The van der Waals surface area contributed by atoms with Gasteiger partial charge in [-0.1, -0.05) is 30.3 Å². The van der Waals surface area contributed by atoms with E-state index < -0.39 is 0 Å². The number of amides is 1. The van der Waals surface area contributed by atoms with Crippen LogP contribution in [0.2, 0.25) is 0 Å². The summed E-state index contributed by atoms with van der Waals surface area (Å²) < 4.78 is 0. The van der Waals surface area contributed by atoms with E-state index in [-0.39, 0.29) is 5.91 Å². The smallest absolute Gasteiger partial charge is 0.242 e. The quantitative estimate of drug-likeness (QED) is 0.812. The predicted molar refractivity (Wildman–Crippen MR) is 86.4 cm³/mol. The molecule has 0 spiro atoms. The van der Waals surface area contributed by atoms with Crippen LogP contribution in [0.25, 0.3) is 0 Å². The Kier molecular flexibility index (Phi) is 7.01. The fourth-order valence-electron chi connectivity index (χ4n) is 1.86. The molecular formula is C15H23N3OS. The van der Waals surface area contributed by atoms with Crippen LogP contribution in [0.3, 0.4) is 0 Å². The molecule has 0 aromatic heterocycles. The van der Waals surface area contributed by atoms with Crippen molar-refractivity contribution >= 4 is 23.2 Å². The van der Waals surface area contributed by atoms with Crippen molar-refractivity contribution in [1.29, 1.82) is 0 Å². The third-order valence-electron chi connectivity index (χ3n) is 3.12. The summed E-state index contributed by atoms with van der Waals surface area (Å²) >= 11 is 5.30. The van der Waals surface area contributed by atoms with Gasteiger partial charge < -0.3 is 15.1 Å². The molecule has 0 unspecified atom stereocenters. The van der Waals surface area contributed by atoms with Gasteiger partial charge in [0.05, 0.1) is 6.54 Å². The largest absolute Gasteiger partial charge is 0.358 e. The van der Waals surface area contributed by atoms with Crippen molar-refractivity contribution in [1.82, 2.24) is 15.1 Å². The van der Waals surface area contributed by atoms with Gasteiger partial charge in [0.2, 0.25) is 5.91 Å². The van der Waals surface area contributed by atoms with Crippen molar-refractivity contribution in [3.8, 4) is 0 Å². The number of thiocarbonyl (C=S) groups is 1. The van der Waals surface area contributed by atoms with Crippen molar-refractivity contribution < 1.29 is 4.79 Å². The van der Waals surface area contributed by atoms with Crippen LogP contribution in [0.1, 0.15) is 19.4 Å². The molecule has 5 heteroatoms. The Bertz CT molecular complexity index is 432. The van der Waals surface area contributed by atoms with Crippen LogP contribution in [0.15, 0.2) is 30.3 Å². The SMILES string of the molecule is CCN(CC)C(=O)CN(C)C(=S)NCc1ccccc1. The van der Waals surface area contributed by atoms with Gasteiger partial charge in [-0.15, -0.1) is 0 Å². The van der Waals surface area contributed by atoms with Gasteiger partial charge in [-0.25, -0.2) is 0 Å². The molecule has 0 aliphatic carbocycles. The Hall–Kier alpha value is -1.62. The lowest BCUT2D eigenvalue weighted by atomic mass is 10.2. The monoisotopic (exact) mass is 293 g/mol. The van der Waals surface area contributed by atoms with E-state index in [1.165, 1.54) is 5.56 Å². The van der Waals surface area contributed by atoms with Crippen molar-refractivity contribution in [2.45, 2.75) is 20.4 Å². The molecule has 0 radical (unpaired) electrons. The summed E-state index contributed by atoms with van der Waals surface area (Å²) in [6.07, 6.45) is 0. The summed E-state index contributed by atoms with van der Waals surface area (Å²) in [5.74, 6) is 0.0985. The molecule has 0 aliphatic heterocycles. The Labute approximate surface area is 126 Å². The molecule has 20 heavy (non-hydrogen) atoms. The first-order valence-electron chi connectivity index (χ1n) is 6.89. The molecule has 0 fully saturated rings. The zero-order valence-corrected chi connectivity index (χ0v) is 13.2. The average molecular weight is 293 g/mol. The van der Waals surface area contributed by atoms with Gasteiger partial charge in [0, 0.05) is 26.7 Å². The Morgan fingerprint density at radius 3 is 2.35 bits per heavy atom. The molecule has 0 heterocycles. The van der Waals surface area contributed by atoms with Crippen molar-refractivity contribution in [2.75, 3.05) is 26.7 Å². The van der Waals surface area contributed by atoms with Crippen LogP contribution in [0.4, 0.5) is 0 Å². The molecule has 4 nitrogen and oxygen atoms in total. The van der Waals surface area contributed by atoms with Gasteiger partial charge >= 0.3 is 0 Å². The van der Waals surface area contributed by atoms with Crippen LogP contribution >= 0.6 is 12.2 Å². The highest BCUT2D eigenvalue weighted by Gasteiger charge is 2.13. The summed E-state index contributed by atoms with van der Waals surface area (Å²) in [5.41, 5.74) is 1.17. The number of carbonyl (C=O) groups is 1. The minimum atomic E-state index is 0.0985. The van der Waals surface area contributed by atoms with Gasteiger partial charge in [-0.2, -0.15) is 0 Å². The summed E-state index contributed by atoms with van der Waals surface area (Å²) in [6.45, 7) is 6.40. The van der Waals surface area contributed by atoms with E-state index in [0.717, 1.165) is 13.1 Å². The topological polar surface area (TPSA) is 35.6 Å². The highest BCUT2D eigenvalue weighted by atomic mass is 32.1. The first kappa shape index (κ1) is 16.4. The number of hydrogen-bond acceptors (Lipinski definition) is 2. The number of carbonyl (C=O) groups excluding carboxylic acids is 1. The van der Waals surface area contributed by atoms with Gasteiger partial charge in [-0.3, -0.25) is 4.79 Å². The van der Waals surface area contributed by atoms with Gasteiger partial charge in [0.25, 0.3) is 0 Å². The summed E-state index contributed by atoms with van der Waals surface area (Å²) in [6, 6.07) is 10.0. The zero-order chi connectivity index (χ0) is 15.0. The maximum atomic E-state index is 12.0. The van der Waals surface area contributed by atoms with Crippen molar-refractivity contribution in [3.05, 3.63) is 35.9 Å². The maximum Gasteiger partial charge on any atom is 0.242 e. The van der Waals surface area contributed by atoms with Crippen LogP contribution < -0.4 is 5.32 Å². The number of benzene rings is 1. The second-order valence-corrected chi connectivity index (χ2v) is 4.95. The third-order valence-corrected chi connectivity index (χ3v) is 3.58. The summed E-state index contributed by atoms with van der Waals surface area (Å²) in [5, 5.41) is 3.76. The first-order valence-corrected chi connectivity index (χ1v) is 7.30. The van der Waals surface area contributed by atoms with Gasteiger partial charge in [0.1, 0.15) is 0 Å². The molecule has 0 saturated carbocycles. The fourth-order valence-corrected chi connectivity index (χ4v) is 2.00. The lowest BCUT2D eigenvalue weighted by Crippen LogP contribution is -2.44. The molecule has 1 N–H and O–H groups in total. The number of nitrogens with zero attached hydrogens (tertiary/aromatic N) is 2. The minimum Gasteiger partial charge on any atom is -0.358 e. The molecule has 0 atom stereocenters. The molecule has 1 aromatic rings. The molecule has 1 rings (SSSR count). The molecular weight excluding hydrogens is 270 g/mol. The van der Waals surface area contributed by atoms with Crippen LogP contribution in [0, 0.1) is 0 Å². The molecule has 0 aliphatic rings. The fraction of sp³-hybridized carbons (Fsp3) is 0.467. The Morgan fingerprint density at radius 1 is 1.20 bits per heavy atom. The molecule has 110 valence electrons. The van der Waals surface area contributed by atoms with E-state index in [4.69, 9.17) is 12.2 Å². The molecule has 0 saturated heterocycles. The first-order chi connectivity index (χ1) is 9.58. The maximum absolute atomic E-state index is 12.0. The molecule has 1 amide bonds.